The first kappa shape index (κ1) is 21.8. The van der Waals surface area contributed by atoms with Crippen LogP contribution in [0.3, 0.4) is 0 Å². The average Bonchev–Trinajstić information content (AvgIpc) is 2.75. The van der Waals surface area contributed by atoms with E-state index in [9.17, 15) is 9.59 Å². The zero-order valence-electron chi connectivity index (χ0n) is 17.7. The van der Waals surface area contributed by atoms with E-state index in [1.54, 1.807) is 0 Å². The quantitative estimate of drug-likeness (QED) is 0.621. The molecule has 6 nitrogen and oxygen atoms in total. The third-order valence-electron chi connectivity index (χ3n) is 6.45. The minimum atomic E-state index is -0.666. The lowest BCUT2D eigenvalue weighted by molar-refractivity contribution is -0.161. The molecule has 1 spiro atoms. The number of likely N-dealkylation sites (tertiary alicyclic amines) is 1. The summed E-state index contributed by atoms with van der Waals surface area (Å²) in [7, 11) is 0. The number of unbranched alkanes of at least 4 members (excludes halogenated alkanes) is 1. The second kappa shape index (κ2) is 10.2. The van der Waals surface area contributed by atoms with Crippen molar-refractivity contribution in [2.24, 2.45) is 5.73 Å². The minimum Gasteiger partial charge on any atom is -0.342 e. The van der Waals surface area contributed by atoms with Gasteiger partial charge in [0.1, 0.15) is 11.6 Å². The molecule has 1 unspecified atom stereocenters. The highest BCUT2D eigenvalue weighted by Gasteiger charge is 2.52. The van der Waals surface area contributed by atoms with Gasteiger partial charge in [-0.25, -0.2) is 0 Å². The second-order valence-corrected chi connectivity index (χ2v) is 8.41. The number of rotatable bonds is 9. The summed E-state index contributed by atoms with van der Waals surface area (Å²) in [5, 5.41) is 3.06. The van der Waals surface area contributed by atoms with Crippen LogP contribution in [0.25, 0.3) is 0 Å². The van der Waals surface area contributed by atoms with Gasteiger partial charge in [-0.1, -0.05) is 37.3 Å². The summed E-state index contributed by atoms with van der Waals surface area (Å²) in [6.45, 7) is 6.05. The number of hydrogen-bond donors (Lipinski definition) is 2. The summed E-state index contributed by atoms with van der Waals surface area (Å²) in [4.78, 5) is 30.7. The normalized spacial score (nSPS) is 22.1. The number of nitrogens with zero attached hydrogens (tertiary/aromatic N) is 2. The van der Waals surface area contributed by atoms with Crippen molar-refractivity contribution in [3.8, 4) is 0 Å². The maximum absolute atomic E-state index is 13.2. The zero-order chi connectivity index (χ0) is 20.7. The topological polar surface area (TPSA) is 78.7 Å². The van der Waals surface area contributed by atoms with Crippen molar-refractivity contribution in [1.82, 2.24) is 15.1 Å². The fourth-order valence-electron chi connectivity index (χ4n) is 4.69. The van der Waals surface area contributed by atoms with Crippen molar-refractivity contribution in [3.63, 3.8) is 0 Å². The molecule has 2 saturated heterocycles. The third-order valence-corrected chi connectivity index (χ3v) is 6.45. The van der Waals surface area contributed by atoms with Crippen LogP contribution in [0.4, 0.5) is 0 Å². The van der Waals surface area contributed by atoms with E-state index in [0.717, 1.165) is 58.2 Å². The number of piperazine rings is 1. The van der Waals surface area contributed by atoms with Gasteiger partial charge in [-0.3, -0.25) is 9.59 Å². The molecule has 29 heavy (non-hydrogen) atoms. The lowest BCUT2D eigenvalue weighted by Crippen LogP contribution is -2.72. The molecule has 0 aliphatic carbocycles. The molecule has 2 amide bonds. The van der Waals surface area contributed by atoms with E-state index in [4.69, 9.17) is 5.73 Å². The van der Waals surface area contributed by atoms with Gasteiger partial charge >= 0.3 is 0 Å². The van der Waals surface area contributed by atoms with Crippen LogP contribution in [0, 0.1) is 0 Å². The number of carbonyl (C=O) groups excluding carboxylic acids is 2. The van der Waals surface area contributed by atoms with E-state index in [1.807, 2.05) is 11.0 Å². The van der Waals surface area contributed by atoms with Gasteiger partial charge < -0.3 is 20.9 Å². The van der Waals surface area contributed by atoms with Crippen LogP contribution in [-0.4, -0.2) is 65.9 Å². The molecule has 3 N–H and O–H groups in total. The van der Waals surface area contributed by atoms with Gasteiger partial charge in [0.15, 0.2) is 0 Å². The summed E-state index contributed by atoms with van der Waals surface area (Å²) in [5.74, 6) is 0.146. The van der Waals surface area contributed by atoms with Gasteiger partial charge in [-0.05, 0) is 57.1 Å². The molecule has 0 aromatic heterocycles. The molecule has 2 fully saturated rings. The smallest absolute Gasteiger partial charge is 0.246 e. The number of nitrogens with one attached hydrogen (secondary N) is 1. The highest BCUT2D eigenvalue weighted by molar-refractivity contribution is 6.00. The van der Waals surface area contributed by atoms with Crippen LogP contribution >= 0.6 is 0 Å². The maximum Gasteiger partial charge on any atom is 0.246 e. The predicted molar refractivity (Wildman–Crippen MR) is 115 cm³/mol. The molecule has 2 heterocycles. The van der Waals surface area contributed by atoms with Crippen LogP contribution in [0.1, 0.15) is 51.0 Å². The summed E-state index contributed by atoms with van der Waals surface area (Å²) < 4.78 is 0. The molecule has 1 aromatic rings. The Balaban J connectivity index is 1.62. The standard InChI is InChI=1S/C23H36N4O2/c1-2-15-27-21(28)20(10-6-7-14-24)25-22(29)23(27)12-17-26(18-13-23)16-11-19-8-4-3-5-9-19/h3-5,8-9,20H,2,6-7,10-18,24H2,1H3,(H,25,29). The molecule has 0 saturated carbocycles. The molecular formula is C23H36N4O2. The fourth-order valence-corrected chi connectivity index (χ4v) is 4.69. The molecule has 1 atom stereocenters. The third kappa shape index (κ3) is 4.98. The molecule has 160 valence electrons. The van der Waals surface area contributed by atoms with E-state index < -0.39 is 5.54 Å². The monoisotopic (exact) mass is 400 g/mol. The van der Waals surface area contributed by atoms with Crippen LogP contribution in [0.15, 0.2) is 30.3 Å². The summed E-state index contributed by atoms with van der Waals surface area (Å²) in [5.41, 5.74) is 6.25. The number of amides is 2. The first-order chi connectivity index (χ1) is 14.1. The molecule has 0 bridgehead atoms. The molecular weight excluding hydrogens is 364 g/mol. The highest BCUT2D eigenvalue weighted by Crippen LogP contribution is 2.34. The van der Waals surface area contributed by atoms with Gasteiger partial charge in [0.2, 0.25) is 11.8 Å². The van der Waals surface area contributed by atoms with E-state index in [2.05, 4.69) is 41.4 Å². The average molecular weight is 401 g/mol. The Morgan fingerprint density at radius 2 is 1.83 bits per heavy atom. The molecule has 2 aliphatic heterocycles. The van der Waals surface area contributed by atoms with Gasteiger partial charge in [-0.2, -0.15) is 0 Å². The summed E-state index contributed by atoms with van der Waals surface area (Å²) in [6.07, 6.45) is 5.75. The molecule has 1 aromatic carbocycles. The predicted octanol–water partition coefficient (Wildman–Crippen LogP) is 1.93. The fraction of sp³-hybridized carbons (Fsp3) is 0.652. The number of piperidine rings is 1. The lowest BCUT2D eigenvalue weighted by Gasteiger charge is -2.51. The van der Waals surface area contributed by atoms with Crippen molar-refractivity contribution in [3.05, 3.63) is 35.9 Å². The Labute approximate surface area is 174 Å². The second-order valence-electron chi connectivity index (χ2n) is 8.41. The van der Waals surface area contributed by atoms with Crippen molar-refractivity contribution in [2.75, 3.05) is 32.7 Å². The number of hydrogen-bond acceptors (Lipinski definition) is 4. The van der Waals surface area contributed by atoms with E-state index >= 15 is 0 Å². The van der Waals surface area contributed by atoms with Crippen molar-refractivity contribution in [1.29, 1.82) is 0 Å². The Hall–Kier alpha value is -1.92. The lowest BCUT2D eigenvalue weighted by atomic mass is 9.81. The maximum atomic E-state index is 13.2. The van der Waals surface area contributed by atoms with E-state index in [-0.39, 0.29) is 17.9 Å². The Kier molecular flexibility index (Phi) is 7.67. The van der Waals surface area contributed by atoms with Crippen LogP contribution in [0.5, 0.6) is 0 Å². The summed E-state index contributed by atoms with van der Waals surface area (Å²) >= 11 is 0. The minimum absolute atomic E-state index is 0.0472. The van der Waals surface area contributed by atoms with E-state index in [1.165, 1.54) is 5.56 Å². The molecule has 0 radical (unpaired) electrons. The van der Waals surface area contributed by atoms with Crippen molar-refractivity contribution < 1.29 is 9.59 Å². The summed E-state index contributed by atoms with van der Waals surface area (Å²) in [6, 6.07) is 10.1. The first-order valence-electron chi connectivity index (χ1n) is 11.2. The van der Waals surface area contributed by atoms with Gasteiger partial charge in [-0.15, -0.1) is 0 Å². The largest absolute Gasteiger partial charge is 0.342 e. The van der Waals surface area contributed by atoms with Gasteiger partial charge in [0.25, 0.3) is 0 Å². The Morgan fingerprint density at radius 3 is 2.48 bits per heavy atom. The van der Waals surface area contributed by atoms with Gasteiger partial charge in [0.05, 0.1) is 0 Å². The van der Waals surface area contributed by atoms with Crippen molar-refractivity contribution >= 4 is 11.8 Å². The molecule has 2 aliphatic rings. The van der Waals surface area contributed by atoms with Gasteiger partial charge in [0, 0.05) is 26.2 Å². The Bertz CT molecular complexity index is 671. The van der Waals surface area contributed by atoms with Crippen LogP contribution < -0.4 is 11.1 Å². The zero-order valence-corrected chi connectivity index (χ0v) is 17.7. The highest BCUT2D eigenvalue weighted by atomic mass is 16.2. The van der Waals surface area contributed by atoms with Crippen LogP contribution in [0.2, 0.25) is 0 Å². The number of nitrogens with two attached hydrogens (primary N) is 1. The van der Waals surface area contributed by atoms with Crippen molar-refractivity contribution in [2.45, 2.75) is 63.5 Å². The Morgan fingerprint density at radius 1 is 1.10 bits per heavy atom. The van der Waals surface area contributed by atoms with Crippen LogP contribution in [-0.2, 0) is 16.0 Å². The number of benzene rings is 1. The molecule has 3 rings (SSSR count). The van der Waals surface area contributed by atoms with E-state index in [0.29, 0.717) is 19.5 Å². The number of carbonyl (C=O) groups is 2. The SMILES string of the molecule is CCCN1C(=O)C(CCCCN)NC(=O)C12CCN(CCc1ccccc1)CC2. The first-order valence-corrected chi connectivity index (χ1v) is 11.2. The molecule has 6 heteroatoms.